The van der Waals surface area contributed by atoms with Crippen LogP contribution < -0.4 is 0 Å². The van der Waals surface area contributed by atoms with Gasteiger partial charge >= 0.3 is 0 Å². The molecule has 7 heteroatoms. The van der Waals surface area contributed by atoms with Gasteiger partial charge in [-0.05, 0) is 40.6 Å². The fourth-order valence-corrected chi connectivity index (χ4v) is 5.52. The van der Waals surface area contributed by atoms with E-state index in [2.05, 4.69) is 0 Å². The maximum atomic E-state index is 12.8. The highest BCUT2D eigenvalue weighted by atomic mass is 32.2. The van der Waals surface area contributed by atoms with Crippen molar-refractivity contribution in [1.82, 2.24) is 0 Å². The molecule has 2 rings (SSSR count). The van der Waals surface area contributed by atoms with Gasteiger partial charge in [0.1, 0.15) is 4.21 Å². The zero-order valence-corrected chi connectivity index (χ0v) is 16.0. The highest BCUT2D eigenvalue weighted by Crippen LogP contribution is 2.32. The third-order valence-electron chi connectivity index (χ3n) is 3.56. The van der Waals surface area contributed by atoms with E-state index in [-0.39, 0.29) is 25.2 Å². The van der Waals surface area contributed by atoms with Gasteiger partial charge in [0.2, 0.25) is 9.84 Å². The summed E-state index contributed by atoms with van der Waals surface area (Å²) in [6, 6.07) is 7.60. The number of hydrogen-bond donors (Lipinski definition) is 0. The molecule has 2 aromatic rings. The molecule has 0 atom stereocenters. The number of rotatable bonds is 4. The molecule has 0 N–H and O–H groups in total. The molecule has 1 aromatic carbocycles. The molecule has 0 aliphatic heterocycles. The molecule has 0 amide bonds. The Labute approximate surface area is 142 Å². The van der Waals surface area contributed by atoms with Gasteiger partial charge in [0.05, 0.1) is 15.5 Å². The van der Waals surface area contributed by atoms with E-state index >= 15 is 0 Å². The molecule has 1 heterocycles. The van der Waals surface area contributed by atoms with E-state index in [1.807, 2.05) is 20.8 Å². The van der Waals surface area contributed by atoms with Crippen molar-refractivity contribution in [2.24, 2.45) is 0 Å². The van der Waals surface area contributed by atoms with Crippen LogP contribution in [0, 0.1) is 0 Å². The smallest absolute Gasteiger partial charge is 0.216 e. The van der Waals surface area contributed by atoms with E-state index in [4.69, 9.17) is 0 Å². The van der Waals surface area contributed by atoms with Gasteiger partial charge in [-0.1, -0.05) is 33.8 Å². The van der Waals surface area contributed by atoms with Gasteiger partial charge in [0.25, 0.3) is 0 Å². The summed E-state index contributed by atoms with van der Waals surface area (Å²) in [5, 5.41) is 1.68. The van der Waals surface area contributed by atoms with E-state index in [1.165, 1.54) is 12.1 Å². The van der Waals surface area contributed by atoms with Crippen molar-refractivity contribution in [2.45, 2.75) is 47.1 Å². The molecule has 4 nitrogen and oxygen atoms in total. The summed E-state index contributed by atoms with van der Waals surface area (Å²) in [5.74, 6) is -0.0704. The first kappa shape index (κ1) is 18.2. The Morgan fingerprint density at radius 2 is 1.61 bits per heavy atom. The maximum absolute atomic E-state index is 12.8. The van der Waals surface area contributed by atoms with Gasteiger partial charge in [0.15, 0.2) is 9.84 Å². The first-order valence-corrected chi connectivity index (χ1v) is 11.2. The van der Waals surface area contributed by atoms with Crippen LogP contribution in [0.4, 0.5) is 0 Å². The summed E-state index contributed by atoms with van der Waals surface area (Å²) in [4.78, 5) is 0.0851. The molecule has 0 fully saturated rings. The zero-order valence-electron chi connectivity index (χ0n) is 13.5. The predicted molar refractivity (Wildman–Crippen MR) is 92.6 cm³/mol. The molecule has 126 valence electrons. The predicted octanol–water partition coefficient (Wildman–Crippen LogP) is 3.67. The van der Waals surface area contributed by atoms with Crippen LogP contribution in [-0.2, 0) is 25.1 Å². The van der Waals surface area contributed by atoms with Crippen LogP contribution in [0.25, 0.3) is 0 Å². The summed E-state index contributed by atoms with van der Waals surface area (Å²) < 4.78 is 50.2. The Morgan fingerprint density at radius 3 is 2.09 bits per heavy atom. The highest BCUT2D eigenvalue weighted by molar-refractivity contribution is 7.93. The second kappa shape index (κ2) is 6.03. The molecular formula is C16H20O4S3. The SMILES string of the molecule is CCS(=O)(=O)c1cc(C(C)(C)C)cc(S(=O)(=O)c2cccs2)c1. The quantitative estimate of drug-likeness (QED) is 0.821. The normalized spacial score (nSPS) is 13.2. The largest absolute Gasteiger partial charge is 0.224 e. The summed E-state index contributed by atoms with van der Waals surface area (Å²) in [7, 11) is -7.21. The van der Waals surface area contributed by atoms with Gasteiger partial charge in [-0.3, -0.25) is 0 Å². The molecule has 23 heavy (non-hydrogen) atoms. The fourth-order valence-electron chi connectivity index (χ4n) is 2.04. The third-order valence-corrected chi connectivity index (χ3v) is 8.40. The second-order valence-electron chi connectivity index (χ2n) is 6.28. The van der Waals surface area contributed by atoms with Crippen molar-refractivity contribution in [1.29, 1.82) is 0 Å². The Morgan fingerprint density at radius 1 is 1.00 bits per heavy atom. The van der Waals surface area contributed by atoms with Gasteiger partial charge in [0, 0.05) is 0 Å². The topological polar surface area (TPSA) is 68.3 Å². The van der Waals surface area contributed by atoms with Crippen LogP contribution >= 0.6 is 11.3 Å². The molecule has 0 spiro atoms. The van der Waals surface area contributed by atoms with Crippen LogP contribution in [-0.4, -0.2) is 22.6 Å². The molecule has 0 aliphatic carbocycles. The molecular weight excluding hydrogens is 352 g/mol. The minimum absolute atomic E-state index is 0.0272. The maximum Gasteiger partial charge on any atom is 0.216 e. The fraction of sp³-hybridized carbons (Fsp3) is 0.375. The van der Waals surface area contributed by atoms with Crippen LogP contribution in [0.1, 0.15) is 33.3 Å². The first-order chi connectivity index (χ1) is 10.5. The molecule has 0 bridgehead atoms. The van der Waals surface area contributed by atoms with Crippen LogP contribution in [0.2, 0.25) is 0 Å². The highest BCUT2D eigenvalue weighted by Gasteiger charge is 2.26. The Hall–Kier alpha value is -1.18. The van der Waals surface area contributed by atoms with Crippen molar-refractivity contribution in [3.63, 3.8) is 0 Å². The minimum atomic E-state index is -3.72. The lowest BCUT2D eigenvalue weighted by Gasteiger charge is -2.21. The molecule has 0 saturated heterocycles. The second-order valence-corrected chi connectivity index (χ2v) is 11.7. The van der Waals surface area contributed by atoms with Crippen molar-refractivity contribution >= 4 is 31.0 Å². The summed E-state index contributed by atoms with van der Waals surface area (Å²) in [5.41, 5.74) is 0.320. The van der Waals surface area contributed by atoms with Crippen molar-refractivity contribution in [3.8, 4) is 0 Å². The Kier molecular flexibility index (Phi) is 4.76. The standard InChI is InChI=1S/C16H20O4S3/c1-5-22(17,18)13-9-12(16(2,3)4)10-14(11-13)23(19,20)15-7-6-8-21-15/h6-11H,5H2,1-4H3. The van der Waals surface area contributed by atoms with Crippen molar-refractivity contribution in [3.05, 3.63) is 41.3 Å². The van der Waals surface area contributed by atoms with E-state index in [0.29, 0.717) is 5.56 Å². The zero-order chi connectivity index (χ0) is 17.5. The van der Waals surface area contributed by atoms with Crippen molar-refractivity contribution in [2.75, 3.05) is 5.75 Å². The summed E-state index contributed by atoms with van der Waals surface area (Å²) in [6.07, 6.45) is 0. The summed E-state index contributed by atoms with van der Waals surface area (Å²) in [6.45, 7) is 7.32. The average molecular weight is 373 g/mol. The molecule has 0 saturated carbocycles. The van der Waals surface area contributed by atoms with Gasteiger partial charge < -0.3 is 0 Å². The van der Waals surface area contributed by atoms with E-state index in [1.54, 1.807) is 30.5 Å². The lowest BCUT2D eigenvalue weighted by molar-refractivity contribution is 0.578. The van der Waals surface area contributed by atoms with E-state index < -0.39 is 19.7 Å². The number of benzene rings is 1. The van der Waals surface area contributed by atoms with E-state index in [9.17, 15) is 16.8 Å². The third kappa shape index (κ3) is 3.67. The molecule has 0 radical (unpaired) electrons. The van der Waals surface area contributed by atoms with Crippen LogP contribution in [0.15, 0.2) is 49.7 Å². The molecule has 1 aromatic heterocycles. The van der Waals surface area contributed by atoms with Crippen LogP contribution in [0.3, 0.4) is 0 Å². The van der Waals surface area contributed by atoms with Crippen molar-refractivity contribution < 1.29 is 16.8 Å². The lowest BCUT2D eigenvalue weighted by atomic mass is 9.87. The summed E-state index contributed by atoms with van der Waals surface area (Å²) >= 11 is 1.12. The number of thiophene rings is 1. The first-order valence-electron chi connectivity index (χ1n) is 7.15. The number of sulfone groups is 2. The van der Waals surface area contributed by atoms with Gasteiger partial charge in [-0.15, -0.1) is 11.3 Å². The monoisotopic (exact) mass is 372 g/mol. The minimum Gasteiger partial charge on any atom is -0.224 e. The molecule has 0 aliphatic rings. The Bertz CT molecular complexity index is 901. The van der Waals surface area contributed by atoms with Gasteiger partial charge in [-0.25, -0.2) is 16.8 Å². The van der Waals surface area contributed by atoms with Crippen LogP contribution in [0.5, 0.6) is 0 Å². The Balaban J connectivity index is 2.77. The lowest BCUT2D eigenvalue weighted by Crippen LogP contribution is -2.15. The van der Waals surface area contributed by atoms with Gasteiger partial charge in [-0.2, -0.15) is 0 Å². The number of hydrogen-bond acceptors (Lipinski definition) is 5. The van der Waals surface area contributed by atoms with E-state index in [0.717, 1.165) is 11.3 Å². The molecule has 0 unspecified atom stereocenters. The average Bonchev–Trinajstić information content (AvgIpc) is 3.00.